The molecule has 27 heavy (non-hydrogen) atoms. The van der Waals surface area contributed by atoms with E-state index >= 15 is 0 Å². The number of anilines is 1. The van der Waals surface area contributed by atoms with Crippen LogP contribution in [0.3, 0.4) is 0 Å². The Morgan fingerprint density at radius 1 is 1.07 bits per heavy atom. The molecular formula is C20H34N4O2S. The minimum absolute atomic E-state index is 0.308. The zero-order valence-corrected chi connectivity index (χ0v) is 17.8. The standard InChI is InChI=1S/C20H34N4O2S/c1-17(2)4-5-18-8-10-23(11-9-18)20-7-6-19(16-21-20)27(25,26)24-14-12-22(3)13-15-24/h6-7,16-18H,4-5,8-15H2,1-3H3. The third-order valence-electron chi connectivity index (χ3n) is 5.91. The van der Waals surface area contributed by atoms with E-state index in [2.05, 4.69) is 28.6 Å². The van der Waals surface area contributed by atoms with Crippen LogP contribution in [0.4, 0.5) is 5.82 Å². The molecule has 0 spiro atoms. The molecule has 2 aliphatic rings. The van der Waals surface area contributed by atoms with Crippen LogP contribution in [0.1, 0.15) is 39.5 Å². The SMILES string of the molecule is CC(C)CCC1CCN(c2ccc(S(=O)(=O)N3CCN(C)CC3)cn2)CC1. The summed E-state index contributed by atoms with van der Waals surface area (Å²) in [6.45, 7) is 9.25. The van der Waals surface area contributed by atoms with Crippen molar-refractivity contribution in [1.29, 1.82) is 0 Å². The van der Waals surface area contributed by atoms with E-state index in [1.807, 2.05) is 13.1 Å². The number of aromatic nitrogens is 1. The van der Waals surface area contributed by atoms with Gasteiger partial charge in [0.05, 0.1) is 0 Å². The smallest absolute Gasteiger partial charge is 0.244 e. The summed E-state index contributed by atoms with van der Waals surface area (Å²) in [5.41, 5.74) is 0. The number of sulfonamides is 1. The van der Waals surface area contributed by atoms with Crippen LogP contribution in [0.25, 0.3) is 0 Å². The molecule has 0 N–H and O–H groups in total. The molecular weight excluding hydrogens is 360 g/mol. The van der Waals surface area contributed by atoms with Crippen molar-refractivity contribution in [2.75, 3.05) is 51.2 Å². The Balaban J connectivity index is 1.58. The van der Waals surface area contributed by atoms with Crippen LogP contribution < -0.4 is 4.90 Å². The lowest BCUT2D eigenvalue weighted by atomic mass is 9.90. The monoisotopic (exact) mass is 394 g/mol. The summed E-state index contributed by atoms with van der Waals surface area (Å²) in [5.74, 6) is 2.50. The van der Waals surface area contributed by atoms with Gasteiger partial charge in [-0.05, 0) is 43.9 Å². The first-order valence-corrected chi connectivity index (χ1v) is 11.7. The highest BCUT2D eigenvalue weighted by Gasteiger charge is 2.28. The summed E-state index contributed by atoms with van der Waals surface area (Å²) in [6.07, 6.45) is 6.57. The normalized spacial score (nSPS) is 21.1. The van der Waals surface area contributed by atoms with Gasteiger partial charge in [0.15, 0.2) is 0 Å². The first-order valence-electron chi connectivity index (χ1n) is 10.3. The fraction of sp³-hybridized carbons (Fsp3) is 0.750. The highest BCUT2D eigenvalue weighted by molar-refractivity contribution is 7.89. The minimum atomic E-state index is -3.43. The van der Waals surface area contributed by atoms with Crippen molar-refractivity contribution in [3.8, 4) is 0 Å². The number of likely N-dealkylation sites (N-methyl/N-ethyl adjacent to an activating group) is 1. The van der Waals surface area contributed by atoms with Crippen molar-refractivity contribution >= 4 is 15.8 Å². The molecule has 1 aromatic rings. The van der Waals surface area contributed by atoms with E-state index in [1.54, 1.807) is 10.4 Å². The second kappa shape index (κ2) is 8.88. The molecule has 0 aliphatic carbocycles. The zero-order valence-electron chi connectivity index (χ0n) is 17.0. The Morgan fingerprint density at radius 3 is 2.30 bits per heavy atom. The van der Waals surface area contributed by atoms with Gasteiger partial charge >= 0.3 is 0 Å². The largest absolute Gasteiger partial charge is 0.357 e. The number of rotatable bonds is 6. The second-order valence-electron chi connectivity index (χ2n) is 8.46. The average Bonchev–Trinajstić information content (AvgIpc) is 2.67. The molecule has 1 aromatic heterocycles. The molecule has 0 atom stereocenters. The molecule has 2 fully saturated rings. The Morgan fingerprint density at radius 2 is 1.74 bits per heavy atom. The van der Waals surface area contributed by atoms with E-state index < -0.39 is 10.0 Å². The van der Waals surface area contributed by atoms with E-state index in [0.717, 1.165) is 43.8 Å². The molecule has 2 saturated heterocycles. The first-order chi connectivity index (χ1) is 12.9. The summed E-state index contributed by atoms with van der Waals surface area (Å²) in [7, 11) is -1.41. The fourth-order valence-electron chi connectivity index (χ4n) is 3.91. The predicted molar refractivity (Wildman–Crippen MR) is 110 cm³/mol. The average molecular weight is 395 g/mol. The van der Waals surface area contributed by atoms with Crippen LogP contribution in [0.5, 0.6) is 0 Å². The van der Waals surface area contributed by atoms with Gasteiger partial charge in [-0.2, -0.15) is 4.31 Å². The molecule has 0 aromatic carbocycles. The topological polar surface area (TPSA) is 56.8 Å². The van der Waals surface area contributed by atoms with Gasteiger partial charge in [0.25, 0.3) is 0 Å². The summed E-state index contributed by atoms with van der Waals surface area (Å²) in [4.78, 5) is 9.24. The summed E-state index contributed by atoms with van der Waals surface area (Å²) in [6, 6.07) is 3.60. The van der Waals surface area contributed by atoms with Crippen molar-refractivity contribution < 1.29 is 8.42 Å². The Bertz CT molecular complexity index is 689. The number of hydrogen-bond donors (Lipinski definition) is 0. The van der Waals surface area contributed by atoms with Crippen molar-refractivity contribution in [3.63, 3.8) is 0 Å². The van der Waals surface area contributed by atoms with Crippen molar-refractivity contribution in [3.05, 3.63) is 18.3 Å². The molecule has 3 rings (SSSR count). The van der Waals surface area contributed by atoms with Gasteiger partial charge in [-0.15, -0.1) is 0 Å². The van der Waals surface area contributed by atoms with Gasteiger partial charge in [0, 0.05) is 45.5 Å². The van der Waals surface area contributed by atoms with Crippen LogP contribution in [0.15, 0.2) is 23.2 Å². The van der Waals surface area contributed by atoms with Crippen molar-refractivity contribution in [2.45, 2.75) is 44.4 Å². The van der Waals surface area contributed by atoms with E-state index in [-0.39, 0.29) is 0 Å². The van der Waals surface area contributed by atoms with Crippen LogP contribution in [0.2, 0.25) is 0 Å². The Kier molecular flexibility index (Phi) is 6.76. The number of hydrogen-bond acceptors (Lipinski definition) is 5. The van der Waals surface area contributed by atoms with Gasteiger partial charge in [0.2, 0.25) is 10.0 Å². The summed E-state index contributed by atoms with van der Waals surface area (Å²) in [5, 5.41) is 0. The van der Waals surface area contributed by atoms with Gasteiger partial charge in [-0.3, -0.25) is 0 Å². The highest BCUT2D eigenvalue weighted by Crippen LogP contribution is 2.27. The third kappa shape index (κ3) is 5.21. The number of piperidine rings is 1. The van der Waals surface area contributed by atoms with Crippen molar-refractivity contribution in [1.82, 2.24) is 14.2 Å². The maximum atomic E-state index is 12.8. The lowest BCUT2D eigenvalue weighted by molar-refractivity contribution is 0.222. The zero-order chi connectivity index (χ0) is 19.4. The molecule has 0 unspecified atom stereocenters. The molecule has 0 saturated carbocycles. The summed E-state index contributed by atoms with van der Waals surface area (Å²) < 4.78 is 27.2. The lowest BCUT2D eigenvalue weighted by Crippen LogP contribution is -2.47. The molecule has 0 radical (unpaired) electrons. The quantitative estimate of drug-likeness (QED) is 0.742. The van der Waals surface area contributed by atoms with Crippen LogP contribution in [0, 0.1) is 11.8 Å². The third-order valence-corrected chi connectivity index (χ3v) is 7.79. The first kappa shape index (κ1) is 20.6. The Labute approximate surface area is 164 Å². The van der Waals surface area contributed by atoms with Gasteiger partial charge in [0.1, 0.15) is 10.7 Å². The molecule has 3 heterocycles. The Hall–Kier alpha value is -1.18. The number of pyridine rings is 1. The minimum Gasteiger partial charge on any atom is -0.357 e. The van der Waals surface area contributed by atoms with Gasteiger partial charge < -0.3 is 9.80 Å². The second-order valence-corrected chi connectivity index (χ2v) is 10.4. The highest BCUT2D eigenvalue weighted by atomic mass is 32.2. The maximum Gasteiger partial charge on any atom is 0.244 e. The number of piperazine rings is 1. The fourth-order valence-corrected chi connectivity index (χ4v) is 5.28. The van der Waals surface area contributed by atoms with E-state index in [4.69, 9.17) is 0 Å². The van der Waals surface area contributed by atoms with Gasteiger partial charge in [-0.1, -0.05) is 26.7 Å². The predicted octanol–water partition coefficient (Wildman–Crippen LogP) is 2.67. The molecule has 0 amide bonds. The van der Waals surface area contributed by atoms with Crippen LogP contribution in [-0.2, 0) is 10.0 Å². The lowest BCUT2D eigenvalue weighted by Gasteiger charge is -2.33. The van der Waals surface area contributed by atoms with Crippen LogP contribution >= 0.6 is 0 Å². The van der Waals surface area contributed by atoms with E-state index in [0.29, 0.717) is 18.0 Å². The summed E-state index contributed by atoms with van der Waals surface area (Å²) >= 11 is 0. The number of nitrogens with zero attached hydrogens (tertiary/aromatic N) is 4. The van der Waals surface area contributed by atoms with Crippen molar-refractivity contribution in [2.24, 2.45) is 11.8 Å². The van der Waals surface area contributed by atoms with Gasteiger partial charge in [-0.25, -0.2) is 13.4 Å². The maximum absolute atomic E-state index is 12.8. The molecule has 7 heteroatoms. The molecule has 2 aliphatic heterocycles. The van der Waals surface area contributed by atoms with Crippen LogP contribution in [-0.4, -0.2) is 68.9 Å². The van der Waals surface area contributed by atoms with E-state index in [9.17, 15) is 8.42 Å². The van der Waals surface area contributed by atoms with E-state index in [1.165, 1.54) is 31.9 Å². The molecule has 6 nitrogen and oxygen atoms in total. The molecule has 152 valence electrons. The molecule has 0 bridgehead atoms.